The van der Waals surface area contributed by atoms with Crippen LogP contribution in [0.15, 0.2) is 48.5 Å². The monoisotopic (exact) mass is 303 g/mol. The maximum atomic E-state index is 9.50. The normalized spacial score (nSPS) is 12.1. The molecular formula is C16H19BClNO2. The van der Waals surface area contributed by atoms with Gasteiger partial charge in [-0.15, -0.1) is 0 Å². The molecule has 1 unspecified atom stereocenters. The number of nitrogens with one attached hydrogen (secondary N) is 1. The Morgan fingerprint density at radius 3 is 2.52 bits per heavy atom. The van der Waals surface area contributed by atoms with E-state index in [1.807, 2.05) is 42.5 Å². The third-order valence-corrected chi connectivity index (χ3v) is 3.70. The summed E-state index contributed by atoms with van der Waals surface area (Å²) in [6, 6.07) is 15.5. The number of halogens is 1. The summed E-state index contributed by atoms with van der Waals surface area (Å²) >= 11 is 5.92. The molecule has 0 bridgehead atoms. The van der Waals surface area contributed by atoms with Gasteiger partial charge in [-0.2, -0.15) is 0 Å². The molecule has 21 heavy (non-hydrogen) atoms. The Labute approximate surface area is 130 Å². The lowest BCUT2D eigenvalue weighted by atomic mass is 9.78. The van der Waals surface area contributed by atoms with Crippen molar-refractivity contribution in [2.75, 3.05) is 6.61 Å². The topological polar surface area (TPSA) is 52.5 Å². The molecule has 0 radical (unpaired) electrons. The number of hydrogen-bond acceptors (Lipinski definition) is 3. The zero-order chi connectivity index (χ0) is 15.1. The van der Waals surface area contributed by atoms with E-state index in [0.29, 0.717) is 12.4 Å². The second-order valence-corrected chi connectivity index (χ2v) is 5.46. The largest absolute Gasteiger partial charge is 0.395 e. The van der Waals surface area contributed by atoms with Crippen molar-refractivity contribution in [3.63, 3.8) is 0 Å². The molecule has 0 saturated carbocycles. The number of rotatable bonds is 7. The number of aliphatic hydroxyl groups is 2. The minimum Gasteiger partial charge on any atom is -0.395 e. The van der Waals surface area contributed by atoms with Crippen LogP contribution in [0, 0.1) is 0 Å². The molecule has 1 atom stereocenters. The van der Waals surface area contributed by atoms with E-state index in [9.17, 15) is 10.2 Å². The van der Waals surface area contributed by atoms with Crippen molar-refractivity contribution in [2.24, 2.45) is 0 Å². The van der Waals surface area contributed by atoms with E-state index in [-0.39, 0.29) is 19.3 Å². The van der Waals surface area contributed by atoms with Gasteiger partial charge in [0.2, 0.25) is 7.41 Å². The molecule has 0 aromatic heterocycles. The number of hydrogen-bond donors (Lipinski definition) is 3. The van der Waals surface area contributed by atoms with Crippen LogP contribution in [0.5, 0.6) is 0 Å². The first-order chi connectivity index (χ1) is 10.2. The highest BCUT2D eigenvalue weighted by Crippen LogP contribution is 2.09. The second-order valence-electron chi connectivity index (χ2n) is 5.02. The van der Waals surface area contributed by atoms with Gasteiger partial charge in [-0.25, -0.2) is 0 Å². The van der Waals surface area contributed by atoms with Crippen LogP contribution in [0.4, 0.5) is 0 Å². The number of benzene rings is 2. The van der Waals surface area contributed by atoms with Crippen molar-refractivity contribution in [3.05, 3.63) is 64.7 Å². The molecule has 0 amide bonds. The minimum absolute atomic E-state index is 0.0189. The Morgan fingerprint density at radius 1 is 1.10 bits per heavy atom. The van der Waals surface area contributed by atoms with Crippen LogP contribution in [-0.2, 0) is 13.0 Å². The van der Waals surface area contributed by atoms with Crippen LogP contribution in [0.2, 0.25) is 5.02 Å². The van der Waals surface area contributed by atoms with Gasteiger partial charge in [0.05, 0.1) is 13.2 Å². The standard InChI is InChI=1S/C16H19BClNO2/c18-14-6-7-16(13(9-14)10-20)17-19-15(11-21)8-12-4-2-1-3-5-12/h1-7,9,15,17,19-21H,8,10-11H2. The van der Waals surface area contributed by atoms with E-state index >= 15 is 0 Å². The smallest absolute Gasteiger partial charge is 0.236 e. The minimum atomic E-state index is -0.0416. The molecule has 0 saturated heterocycles. The van der Waals surface area contributed by atoms with Gasteiger partial charge in [-0.3, -0.25) is 0 Å². The van der Waals surface area contributed by atoms with E-state index < -0.39 is 0 Å². The first-order valence-corrected chi connectivity index (χ1v) is 7.37. The van der Waals surface area contributed by atoms with Crippen LogP contribution in [0.3, 0.4) is 0 Å². The molecule has 0 heterocycles. The third kappa shape index (κ3) is 4.86. The van der Waals surface area contributed by atoms with Crippen LogP contribution in [0.1, 0.15) is 11.1 Å². The lowest BCUT2D eigenvalue weighted by Crippen LogP contribution is -2.43. The highest BCUT2D eigenvalue weighted by molar-refractivity contribution is 6.51. The van der Waals surface area contributed by atoms with E-state index in [1.165, 1.54) is 5.56 Å². The molecular weight excluding hydrogens is 284 g/mol. The van der Waals surface area contributed by atoms with Gasteiger partial charge in [0, 0.05) is 11.1 Å². The summed E-state index contributed by atoms with van der Waals surface area (Å²) in [5, 5.41) is 22.8. The molecule has 2 rings (SSSR count). The average molecular weight is 304 g/mol. The molecule has 3 nitrogen and oxygen atoms in total. The third-order valence-electron chi connectivity index (χ3n) is 3.47. The molecule has 5 heteroatoms. The zero-order valence-corrected chi connectivity index (χ0v) is 12.6. The van der Waals surface area contributed by atoms with Crippen molar-refractivity contribution in [1.29, 1.82) is 0 Å². The molecule has 2 aromatic rings. The zero-order valence-electron chi connectivity index (χ0n) is 11.8. The highest BCUT2D eigenvalue weighted by Gasteiger charge is 2.11. The fraction of sp³-hybridized carbons (Fsp3) is 0.250. The molecule has 2 aromatic carbocycles. The van der Waals surface area contributed by atoms with Crippen molar-refractivity contribution in [2.45, 2.75) is 19.1 Å². The molecule has 110 valence electrons. The van der Waals surface area contributed by atoms with E-state index in [1.54, 1.807) is 6.07 Å². The Balaban J connectivity index is 1.97. The van der Waals surface area contributed by atoms with Gasteiger partial charge in [0.25, 0.3) is 0 Å². The van der Waals surface area contributed by atoms with Gasteiger partial charge >= 0.3 is 0 Å². The van der Waals surface area contributed by atoms with E-state index in [0.717, 1.165) is 17.4 Å². The lowest BCUT2D eigenvalue weighted by molar-refractivity contribution is 0.257. The Bertz CT molecular complexity index is 565. The van der Waals surface area contributed by atoms with Gasteiger partial charge < -0.3 is 15.4 Å². The molecule has 0 aliphatic heterocycles. The van der Waals surface area contributed by atoms with Gasteiger partial charge in [-0.05, 0) is 29.7 Å². The van der Waals surface area contributed by atoms with Gasteiger partial charge in [0.1, 0.15) is 0 Å². The van der Waals surface area contributed by atoms with Gasteiger partial charge in [-0.1, -0.05) is 53.5 Å². The molecule has 3 N–H and O–H groups in total. The van der Waals surface area contributed by atoms with Crippen LogP contribution < -0.4 is 10.7 Å². The molecule has 0 aliphatic carbocycles. The van der Waals surface area contributed by atoms with Crippen molar-refractivity contribution in [3.8, 4) is 0 Å². The maximum Gasteiger partial charge on any atom is 0.236 e. The quantitative estimate of drug-likeness (QED) is 0.669. The Kier molecular flexibility index (Phi) is 6.27. The maximum absolute atomic E-state index is 9.50. The predicted molar refractivity (Wildman–Crippen MR) is 88.3 cm³/mol. The van der Waals surface area contributed by atoms with Crippen LogP contribution >= 0.6 is 11.6 Å². The summed E-state index contributed by atoms with van der Waals surface area (Å²) in [6.07, 6.45) is 0.763. The fourth-order valence-electron chi connectivity index (χ4n) is 2.27. The van der Waals surface area contributed by atoms with E-state index in [4.69, 9.17) is 11.6 Å². The lowest BCUT2D eigenvalue weighted by Gasteiger charge is -2.17. The Morgan fingerprint density at radius 2 is 1.86 bits per heavy atom. The fourth-order valence-corrected chi connectivity index (χ4v) is 2.46. The van der Waals surface area contributed by atoms with Gasteiger partial charge in [0.15, 0.2) is 0 Å². The predicted octanol–water partition coefficient (Wildman–Crippen LogP) is 1.00. The Hall–Kier alpha value is -1.33. The highest BCUT2D eigenvalue weighted by atomic mass is 35.5. The first-order valence-electron chi connectivity index (χ1n) is 6.99. The van der Waals surface area contributed by atoms with Crippen LogP contribution in [-0.4, -0.2) is 30.3 Å². The van der Waals surface area contributed by atoms with Crippen molar-refractivity contribution in [1.82, 2.24) is 5.23 Å². The summed E-state index contributed by atoms with van der Waals surface area (Å²) in [5.41, 5.74) is 2.99. The molecule has 0 fully saturated rings. The summed E-state index contributed by atoms with van der Waals surface area (Å²) in [6.45, 7) is 0.0248. The summed E-state index contributed by atoms with van der Waals surface area (Å²) in [7, 11) is 0.588. The van der Waals surface area contributed by atoms with E-state index in [2.05, 4.69) is 5.23 Å². The summed E-state index contributed by atoms with van der Waals surface area (Å²) in [4.78, 5) is 0. The first kappa shape index (κ1) is 16.1. The number of aliphatic hydroxyl groups excluding tert-OH is 2. The summed E-state index contributed by atoms with van der Waals surface area (Å²) in [5.74, 6) is 0. The van der Waals surface area contributed by atoms with Crippen LogP contribution in [0.25, 0.3) is 0 Å². The summed E-state index contributed by atoms with van der Waals surface area (Å²) < 4.78 is 0. The van der Waals surface area contributed by atoms with Crippen molar-refractivity contribution >= 4 is 24.5 Å². The van der Waals surface area contributed by atoms with Crippen molar-refractivity contribution < 1.29 is 10.2 Å². The average Bonchev–Trinajstić information content (AvgIpc) is 2.53. The second kappa shape index (κ2) is 8.20. The SMILES string of the molecule is OCc1cc(Cl)ccc1BNC(CO)Cc1ccccc1. The molecule has 0 spiro atoms. The molecule has 0 aliphatic rings.